The Morgan fingerprint density at radius 3 is 2.39 bits per heavy atom. The molecule has 0 heterocycles. The summed E-state index contributed by atoms with van der Waals surface area (Å²) in [6, 6.07) is 0. The Kier molecular flexibility index (Phi) is 5.04. The van der Waals surface area contributed by atoms with Gasteiger partial charge in [0.05, 0.1) is 12.0 Å². The summed E-state index contributed by atoms with van der Waals surface area (Å²) in [7, 11) is 0. The Bertz CT molecular complexity index is 263. The predicted octanol–water partition coefficient (Wildman–Crippen LogP) is 3.05. The van der Waals surface area contributed by atoms with Gasteiger partial charge in [-0.3, -0.25) is 4.79 Å². The van der Waals surface area contributed by atoms with Crippen LogP contribution in [0.2, 0.25) is 0 Å². The molecule has 0 unspecified atom stereocenters. The van der Waals surface area contributed by atoms with Gasteiger partial charge in [-0.2, -0.15) is 0 Å². The van der Waals surface area contributed by atoms with E-state index in [9.17, 15) is 9.90 Å². The van der Waals surface area contributed by atoms with Crippen LogP contribution in [-0.2, 0) is 9.53 Å². The molecule has 3 heteroatoms. The second-order valence-corrected chi connectivity index (χ2v) is 6.15. The fourth-order valence-corrected chi connectivity index (χ4v) is 3.26. The molecule has 2 aliphatic rings. The minimum absolute atomic E-state index is 0.00646. The zero-order valence-corrected chi connectivity index (χ0v) is 11.4. The van der Waals surface area contributed by atoms with E-state index < -0.39 is 0 Å². The van der Waals surface area contributed by atoms with Crippen molar-refractivity contribution in [3.63, 3.8) is 0 Å². The fraction of sp³-hybridized carbons (Fsp3) is 0.933. The summed E-state index contributed by atoms with van der Waals surface area (Å²) in [6.45, 7) is 1.99. The van der Waals surface area contributed by atoms with E-state index in [0.717, 1.165) is 44.9 Å². The number of aliphatic hydroxyl groups excluding tert-OH is 1. The lowest BCUT2D eigenvalue weighted by Gasteiger charge is -2.27. The van der Waals surface area contributed by atoms with Crippen LogP contribution in [0.5, 0.6) is 0 Å². The second-order valence-electron chi connectivity index (χ2n) is 6.15. The molecule has 0 saturated heterocycles. The summed E-state index contributed by atoms with van der Waals surface area (Å²) < 4.78 is 5.55. The van der Waals surface area contributed by atoms with E-state index in [2.05, 4.69) is 0 Å². The van der Waals surface area contributed by atoms with E-state index in [1.165, 1.54) is 12.8 Å². The lowest BCUT2D eigenvalue weighted by molar-refractivity contribution is -0.153. The molecule has 0 bridgehead atoms. The van der Waals surface area contributed by atoms with E-state index in [1.807, 2.05) is 6.92 Å². The Morgan fingerprint density at radius 2 is 1.78 bits per heavy atom. The Hall–Kier alpha value is -0.570. The summed E-state index contributed by atoms with van der Waals surface area (Å²) >= 11 is 0. The van der Waals surface area contributed by atoms with E-state index in [4.69, 9.17) is 4.74 Å². The molecule has 1 atom stereocenters. The van der Waals surface area contributed by atoms with Crippen LogP contribution in [0.25, 0.3) is 0 Å². The van der Waals surface area contributed by atoms with Gasteiger partial charge in [-0.25, -0.2) is 0 Å². The molecule has 18 heavy (non-hydrogen) atoms. The van der Waals surface area contributed by atoms with Gasteiger partial charge in [0.15, 0.2) is 0 Å². The number of hydrogen-bond acceptors (Lipinski definition) is 3. The van der Waals surface area contributed by atoms with Crippen LogP contribution >= 0.6 is 0 Å². The second kappa shape index (κ2) is 6.55. The molecule has 0 spiro atoms. The highest BCUT2D eigenvalue weighted by molar-refractivity contribution is 5.72. The lowest BCUT2D eigenvalue weighted by Crippen LogP contribution is -2.25. The van der Waals surface area contributed by atoms with Crippen molar-refractivity contribution >= 4 is 5.97 Å². The van der Waals surface area contributed by atoms with Gasteiger partial charge in [0.2, 0.25) is 0 Å². The third-order valence-corrected chi connectivity index (χ3v) is 4.49. The van der Waals surface area contributed by atoms with E-state index in [-0.39, 0.29) is 24.1 Å². The number of ether oxygens (including phenoxy) is 1. The van der Waals surface area contributed by atoms with Crippen LogP contribution in [0.1, 0.15) is 64.7 Å². The van der Waals surface area contributed by atoms with Crippen LogP contribution in [0, 0.1) is 11.8 Å². The van der Waals surface area contributed by atoms with Gasteiger partial charge in [-0.1, -0.05) is 6.92 Å². The van der Waals surface area contributed by atoms with Gasteiger partial charge >= 0.3 is 5.97 Å². The number of esters is 1. The highest BCUT2D eigenvalue weighted by atomic mass is 16.5. The molecule has 2 saturated carbocycles. The maximum Gasteiger partial charge on any atom is 0.308 e. The molecule has 0 amide bonds. The van der Waals surface area contributed by atoms with Crippen LogP contribution in [0.3, 0.4) is 0 Å². The van der Waals surface area contributed by atoms with Gasteiger partial charge in [0.1, 0.15) is 6.10 Å². The normalized spacial score (nSPS) is 31.2. The zero-order valence-electron chi connectivity index (χ0n) is 11.4. The largest absolute Gasteiger partial charge is 0.462 e. The molecule has 0 aromatic rings. The van der Waals surface area contributed by atoms with Crippen molar-refractivity contribution in [2.45, 2.75) is 76.9 Å². The number of carbonyl (C=O) groups excluding carboxylic acids is 1. The number of rotatable bonds is 4. The summed E-state index contributed by atoms with van der Waals surface area (Å²) in [4.78, 5) is 12.0. The zero-order chi connectivity index (χ0) is 13.0. The molecule has 1 N–H and O–H groups in total. The maximum absolute atomic E-state index is 12.0. The molecule has 0 aliphatic heterocycles. The van der Waals surface area contributed by atoms with Crippen molar-refractivity contribution in [3.8, 4) is 0 Å². The van der Waals surface area contributed by atoms with Crippen LogP contribution in [-0.4, -0.2) is 23.3 Å². The standard InChI is InChI=1S/C15H26O3/c1-11(10-12-6-8-13(16)9-7-12)15(17)18-14-4-2-3-5-14/h11-14,16H,2-10H2,1H3/t11-,12?,13?/m0/s1. The molecule has 2 rings (SSSR count). The Morgan fingerprint density at radius 1 is 1.17 bits per heavy atom. The quantitative estimate of drug-likeness (QED) is 0.784. The van der Waals surface area contributed by atoms with Crippen LogP contribution in [0.15, 0.2) is 0 Å². The highest BCUT2D eigenvalue weighted by Crippen LogP contribution is 2.30. The minimum Gasteiger partial charge on any atom is -0.462 e. The van der Waals surface area contributed by atoms with Gasteiger partial charge in [-0.05, 0) is 63.7 Å². The fourth-order valence-electron chi connectivity index (χ4n) is 3.26. The number of carbonyl (C=O) groups is 1. The predicted molar refractivity (Wildman–Crippen MR) is 70.1 cm³/mol. The topological polar surface area (TPSA) is 46.5 Å². The number of hydrogen-bond donors (Lipinski definition) is 1. The van der Waals surface area contributed by atoms with Gasteiger partial charge < -0.3 is 9.84 Å². The summed E-state index contributed by atoms with van der Waals surface area (Å²) in [5, 5.41) is 9.47. The van der Waals surface area contributed by atoms with E-state index >= 15 is 0 Å². The average Bonchev–Trinajstić information content (AvgIpc) is 2.85. The first-order valence-electron chi connectivity index (χ1n) is 7.53. The summed E-state index contributed by atoms with van der Waals surface area (Å²) in [5.41, 5.74) is 0. The van der Waals surface area contributed by atoms with Crippen molar-refractivity contribution in [1.29, 1.82) is 0 Å². The van der Waals surface area contributed by atoms with E-state index in [0.29, 0.717) is 5.92 Å². The third-order valence-electron chi connectivity index (χ3n) is 4.49. The first kappa shape index (κ1) is 13.9. The van der Waals surface area contributed by atoms with Crippen molar-refractivity contribution in [2.75, 3.05) is 0 Å². The average molecular weight is 254 g/mol. The van der Waals surface area contributed by atoms with Gasteiger partial charge in [0, 0.05) is 0 Å². The summed E-state index contributed by atoms with van der Waals surface area (Å²) in [5.74, 6) is 0.610. The molecular weight excluding hydrogens is 228 g/mol. The Labute approximate surface area is 110 Å². The first-order chi connectivity index (χ1) is 8.65. The molecule has 0 aromatic heterocycles. The molecule has 2 fully saturated rings. The summed E-state index contributed by atoms with van der Waals surface area (Å²) in [6.07, 6.45) is 9.42. The van der Waals surface area contributed by atoms with Crippen molar-refractivity contribution in [3.05, 3.63) is 0 Å². The smallest absolute Gasteiger partial charge is 0.308 e. The third kappa shape index (κ3) is 3.98. The molecule has 0 aromatic carbocycles. The molecular formula is C15H26O3. The van der Waals surface area contributed by atoms with Crippen molar-refractivity contribution < 1.29 is 14.6 Å². The molecule has 0 radical (unpaired) electrons. The SMILES string of the molecule is C[C@@H](CC1CCC(O)CC1)C(=O)OC1CCCC1. The van der Waals surface area contributed by atoms with Crippen molar-refractivity contribution in [2.24, 2.45) is 11.8 Å². The Balaban J connectivity index is 1.69. The molecule has 104 valence electrons. The lowest BCUT2D eigenvalue weighted by atomic mass is 9.82. The monoisotopic (exact) mass is 254 g/mol. The van der Waals surface area contributed by atoms with Gasteiger partial charge in [-0.15, -0.1) is 0 Å². The highest BCUT2D eigenvalue weighted by Gasteiger charge is 2.27. The van der Waals surface area contributed by atoms with Crippen molar-refractivity contribution in [1.82, 2.24) is 0 Å². The molecule has 2 aliphatic carbocycles. The minimum atomic E-state index is -0.109. The van der Waals surface area contributed by atoms with Crippen LogP contribution in [0.4, 0.5) is 0 Å². The van der Waals surface area contributed by atoms with Gasteiger partial charge in [0.25, 0.3) is 0 Å². The molecule has 3 nitrogen and oxygen atoms in total. The van der Waals surface area contributed by atoms with Crippen LogP contribution < -0.4 is 0 Å². The first-order valence-corrected chi connectivity index (χ1v) is 7.53. The maximum atomic E-state index is 12.0. The van der Waals surface area contributed by atoms with E-state index in [1.54, 1.807) is 0 Å². The number of aliphatic hydroxyl groups is 1.